The smallest absolute Gasteiger partial charge is 0.407 e. The van der Waals surface area contributed by atoms with Crippen LogP contribution >= 0.6 is 0 Å². The third-order valence-corrected chi connectivity index (χ3v) is 3.76. The van der Waals surface area contributed by atoms with E-state index < -0.39 is 11.7 Å². The molecule has 0 aliphatic carbocycles. The molecule has 6 heteroatoms. The van der Waals surface area contributed by atoms with Crippen molar-refractivity contribution in [3.8, 4) is 11.5 Å². The number of unbranched alkanes of at least 4 members (excludes halogenated alkanes) is 1. The summed E-state index contributed by atoms with van der Waals surface area (Å²) >= 11 is 0. The average molecular weight is 382 g/mol. The molecular weight excluding hydrogens is 346 g/mol. The lowest BCUT2D eigenvalue weighted by atomic mass is 10.0. The van der Waals surface area contributed by atoms with Gasteiger partial charge in [0.2, 0.25) is 0 Å². The van der Waals surface area contributed by atoms with Crippen molar-refractivity contribution in [1.29, 1.82) is 0 Å². The lowest BCUT2D eigenvalue weighted by Gasteiger charge is -2.22. The third-order valence-electron chi connectivity index (χ3n) is 3.76. The number of aliphatic hydroxyl groups excluding tert-OH is 1. The second-order valence-electron chi connectivity index (χ2n) is 7.63. The molecule has 0 fully saturated rings. The first-order valence-corrected chi connectivity index (χ1v) is 9.74. The molecule has 0 radical (unpaired) electrons. The van der Waals surface area contributed by atoms with E-state index in [1.54, 1.807) is 0 Å². The van der Waals surface area contributed by atoms with Gasteiger partial charge in [0, 0.05) is 12.1 Å². The second kappa shape index (κ2) is 11.7. The van der Waals surface area contributed by atoms with Crippen molar-refractivity contribution < 1.29 is 24.1 Å². The van der Waals surface area contributed by atoms with E-state index in [0.717, 1.165) is 37.0 Å². The Balaban J connectivity index is 2.64. The van der Waals surface area contributed by atoms with E-state index in [-0.39, 0.29) is 19.3 Å². The molecule has 0 aromatic heterocycles. The van der Waals surface area contributed by atoms with Crippen LogP contribution in [0.4, 0.5) is 4.79 Å². The highest BCUT2D eigenvalue weighted by Gasteiger charge is 2.18. The number of rotatable bonds is 11. The molecule has 0 saturated heterocycles. The Labute approximate surface area is 163 Å². The van der Waals surface area contributed by atoms with E-state index in [1.807, 2.05) is 45.9 Å². The molecule has 0 aliphatic rings. The molecule has 27 heavy (non-hydrogen) atoms. The fourth-order valence-corrected chi connectivity index (χ4v) is 2.41. The zero-order valence-corrected chi connectivity index (χ0v) is 17.3. The molecule has 0 saturated carbocycles. The van der Waals surface area contributed by atoms with E-state index in [4.69, 9.17) is 19.3 Å². The van der Waals surface area contributed by atoms with Gasteiger partial charge in [-0.1, -0.05) is 19.4 Å². The van der Waals surface area contributed by atoms with E-state index in [1.165, 1.54) is 0 Å². The summed E-state index contributed by atoms with van der Waals surface area (Å²) < 4.78 is 16.7. The van der Waals surface area contributed by atoms with Crippen LogP contribution < -0.4 is 14.8 Å². The lowest BCUT2D eigenvalue weighted by molar-refractivity contribution is 0.0506. The summed E-state index contributed by atoms with van der Waals surface area (Å²) in [6.45, 7) is 10.4. The number of aliphatic hydroxyl groups is 1. The lowest BCUT2D eigenvalue weighted by Crippen LogP contribution is -2.37. The number of amides is 1. The molecule has 154 valence electrons. The molecule has 1 atom stereocenters. The summed E-state index contributed by atoms with van der Waals surface area (Å²) in [6.07, 6.45) is 3.14. The molecule has 0 bridgehead atoms. The standard InChI is InChI=1S/C21H35NO5/c1-6-7-13-25-18-11-10-17(19(15-18)26-14-12-23)9-8-16(2)22-20(24)27-21(3,4)5/h10-11,15-16,23H,6-9,12-14H2,1-5H3,(H,22,24)/t16-/m0/s1. The van der Waals surface area contributed by atoms with Gasteiger partial charge >= 0.3 is 6.09 Å². The van der Waals surface area contributed by atoms with E-state index in [9.17, 15) is 4.79 Å². The maximum absolute atomic E-state index is 11.9. The molecule has 1 amide bonds. The van der Waals surface area contributed by atoms with Crippen molar-refractivity contribution in [2.24, 2.45) is 0 Å². The van der Waals surface area contributed by atoms with Crippen LogP contribution in [0.2, 0.25) is 0 Å². The largest absolute Gasteiger partial charge is 0.493 e. The monoisotopic (exact) mass is 381 g/mol. The molecule has 0 spiro atoms. The minimum absolute atomic E-state index is 0.0361. The van der Waals surface area contributed by atoms with Crippen molar-refractivity contribution in [3.63, 3.8) is 0 Å². The summed E-state index contributed by atoms with van der Waals surface area (Å²) in [5.74, 6) is 1.47. The minimum Gasteiger partial charge on any atom is -0.493 e. The molecular formula is C21H35NO5. The Morgan fingerprint density at radius 1 is 1.22 bits per heavy atom. The number of alkyl carbamates (subject to hydrolysis) is 1. The van der Waals surface area contributed by atoms with Gasteiger partial charge in [-0.25, -0.2) is 4.79 Å². The SMILES string of the molecule is CCCCOc1ccc(CC[C@H](C)NC(=O)OC(C)(C)C)c(OCCO)c1. The fourth-order valence-electron chi connectivity index (χ4n) is 2.41. The van der Waals surface area contributed by atoms with Gasteiger partial charge < -0.3 is 24.6 Å². The Hall–Kier alpha value is -1.95. The van der Waals surface area contributed by atoms with Crippen molar-refractivity contribution in [2.45, 2.75) is 71.9 Å². The third kappa shape index (κ3) is 10.1. The van der Waals surface area contributed by atoms with Crippen molar-refractivity contribution in [2.75, 3.05) is 19.8 Å². The number of hydrogen-bond donors (Lipinski definition) is 2. The molecule has 6 nitrogen and oxygen atoms in total. The number of benzene rings is 1. The summed E-state index contributed by atoms with van der Waals surface area (Å²) in [6, 6.07) is 5.75. The normalized spacial score (nSPS) is 12.4. The number of ether oxygens (including phenoxy) is 3. The molecule has 0 unspecified atom stereocenters. The van der Waals surface area contributed by atoms with Crippen LogP contribution in [-0.4, -0.2) is 42.7 Å². The van der Waals surface area contributed by atoms with Crippen molar-refractivity contribution in [3.05, 3.63) is 23.8 Å². The predicted molar refractivity (Wildman–Crippen MR) is 107 cm³/mol. The predicted octanol–water partition coefficient (Wildman–Crippen LogP) is 4.08. The summed E-state index contributed by atoms with van der Waals surface area (Å²) in [5, 5.41) is 11.9. The number of nitrogens with one attached hydrogen (secondary N) is 1. The van der Waals surface area contributed by atoms with Crippen LogP contribution in [0, 0.1) is 0 Å². The van der Waals surface area contributed by atoms with Gasteiger partial charge in [0.1, 0.15) is 23.7 Å². The first-order valence-electron chi connectivity index (χ1n) is 9.74. The second-order valence-corrected chi connectivity index (χ2v) is 7.63. The quantitative estimate of drug-likeness (QED) is 0.565. The van der Waals surface area contributed by atoms with Gasteiger partial charge in [0.15, 0.2) is 0 Å². The van der Waals surface area contributed by atoms with Gasteiger partial charge in [-0.2, -0.15) is 0 Å². The molecule has 1 aromatic rings. The number of carbonyl (C=O) groups is 1. The Morgan fingerprint density at radius 3 is 2.59 bits per heavy atom. The van der Waals surface area contributed by atoms with Crippen LogP contribution in [0.3, 0.4) is 0 Å². The molecule has 1 aromatic carbocycles. The van der Waals surface area contributed by atoms with Crippen molar-refractivity contribution >= 4 is 6.09 Å². The molecule has 0 aliphatic heterocycles. The zero-order chi connectivity index (χ0) is 20.3. The fraction of sp³-hybridized carbons (Fsp3) is 0.667. The minimum atomic E-state index is -0.511. The Bertz CT molecular complexity index is 568. The maximum atomic E-state index is 11.9. The van der Waals surface area contributed by atoms with Crippen molar-refractivity contribution in [1.82, 2.24) is 5.32 Å². The van der Waals surface area contributed by atoms with E-state index in [2.05, 4.69) is 12.2 Å². The Kier molecular flexibility index (Phi) is 10.0. The van der Waals surface area contributed by atoms with Crippen LogP contribution in [0.5, 0.6) is 11.5 Å². The highest BCUT2D eigenvalue weighted by atomic mass is 16.6. The summed E-state index contributed by atoms with van der Waals surface area (Å²) in [5.41, 5.74) is 0.507. The van der Waals surface area contributed by atoms with E-state index in [0.29, 0.717) is 12.4 Å². The van der Waals surface area contributed by atoms with Gasteiger partial charge in [-0.15, -0.1) is 0 Å². The zero-order valence-electron chi connectivity index (χ0n) is 17.3. The Morgan fingerprint density at radius 2 is 1.96 bits per heavy atom. The van der Waals surface area contributed by atoms with Gasteiger partial charge in [-0.05, 0) is 58.6 Å². The number of hydrogen-bond acceptors (Lipinski definition) is 5. The van der Waals surface area contributed by atoms with Crippen LogP contribution in [0.1, 0.15) is 59.4 Å². The number of aryl methyl sites for hydroxylation is 1. The number of carbonyl (C=O) groups excluding carboxylic acids is 1. The molecule has 0 heterocycles. The van der Waals surface area contributed by atoms with Gasteiger partial charge in [0.05, 0.1) is 13.2 Å². The first kappa shape index (κ1) is 23.1. The highest BCUT2D eigenvalue weighted by molar-refractivity contribution is 5.68. The van der Waals surface area contributed by atoms with Crippen LogP contribution in [-0.2, 0) is 11.2 Å². The molecule has 2 N–H and O–H groups in total. The topological polar surface area (TPSA) is 77.0 Å². The summed E-state index contributed by atoms with van der Waals surface area (Å²) in [4.78, 5) is 11.9. The van der Waals surface area contributed by atoms with Crippen LogP contribution in [0.25, 0.3) is 0 Å². The first-order chi connectivity index (χ1) is 12.7. The molecule has 1 rings (SSSR count). The van der Waals surface area contributed by atoms with Gasteiger partial charge in [-0.3, -0.25) is 0 Å². The van der Waals surface area contributed by atoms with Crippen LogP contribution in [0.15, 0.2) is 18.2 Å². The maximum Gasteiger partial charge on any atom is 0.407 e. The van der Waals surface area contributed by atoms with Gasteiger partial charge in [0.25, 0.3) is 0 Å². The van der Waals surface area contributed by atoms with E-state index >= 15 is 0 Å². The average Bonchev–Trinajstić information content (AvgIpc) is 2.57. The summed E-state index contributed by atoms with van der Waals surface area (Å²) in [7, 11) is 0. The highest BCUT2D eigenvalue weighted by Crippen LogP contribution is 2.27.